The lowest BCUT2D eigenvalue weighted by atomic mass is 10.1. The number of cyclic esters (lactones) is 1. The van der Waals surface area contributed by atoms with E-state index in [-0.39, 0.29) is 129 Å². The summed E-state index contributed by atoms with van der Waals surface area (Å²) in [5.74, 6) is -2.05. The lowest BCUT2D eigenvalue weighted by molar-refractivity contribution is -0.148. The first-order valence-electron chi connectivity index (χ1n) is 41.2. The van der Waals surface area contributed by atoms with Gasteiger partial charge >= 0.3 is 11.9 Å². The third kappa shape index (κ3) is 67.8. The van der Waals surface area contributed by atoms with Crippen LogP contribution in [-0.4, -0.2) is 406 Å². The van der Waals surface area contributed by atoms with Gasteiger partial charge in [-0.2, -0.15) is 0 Å². The van der Waals surface area contributed by atoms with E-state index in [2.05, 4.69) is 34.5 Å². The summed E-state index contributed by atoms with van der Waals surface area (Å²) < 4.78 is 25.4. The summed E-state index contributed by atoms with van der Waals surface area (Å²) in [4.78, 5) is 107. The number of primary amides is 1. The molecule has 7 amide bonds. The zero-order valence-electron chi connectivity index (χ0n) is 75.4. The number of hydrogen-bond acceptors (Lipinski definition) is 29. The van der Waals surface area contributed by atoms with Gasteiger partial charge in [0.2, 0.25) is 41.4 Å². The third-order valence-corrected chi connectivity index (χ3v) is 18.0. The molecule has 6 unspecified atom stereocenters. The van der Waals surface area contributed by atoms with E-state index >= 15 is 0 Å². The minimum absolute atomic E-state index is 0.0301. The lowest BCUT2D eigenvalue weighted by Crippen LogP contribution is -2.43. The molecule has 117 heavy (non-hydrogen) atoms. The Morgan fingerprint density at radius 3 is 1.20 bits per heavy atom. The van der Waals surface area contributed by atoms with Crippen molar-refractivity contribution in [2.24, 2.45) is 41.2 Å². The Bertz CT molecular complexity index is 2340. The molecule has 5 saturated heterocycles. The highest BCUT2D eigenvalue weighted by atomic mass is 16.6. The van der Waals surface area contributed by atoms with Crippen LogP contribution in [0.3, 0.4) is 0 Å². The van der Waals surface area contributed by atoms with Crippen LogP contribution < -0.4 is 21.7 Å². The maximum absolute atomic E-state index is 11.6. The maximum atomic E-state index is 11.6. The van der Waals surface area contributed by atoms with Crippen molar-refractivity contribution in [2.45, 2.75) is 234 Å². The van der Waals surface area contributed by atoms with E-state index in [0.29, 0.717) is 109 Å². The Morgan fingerprint density at radius 1 is 0.538 bits per heavy atom. The first kappa shape index (κ1) is 125. The zero-order valence-corrected chi connectivity index (χ0v) is 75.4. The number of rotatable bonds is 31. The topological polar surface area (TPSA) is 544 Å². The van der Waals surface area contributed by atoms with Crippen LogP contribution in [0, 0.1) is 35.5 Å². The summed E-state index contributed by atoms with van der Waals surface area (Å²) in [5, 5.41) is 122. The smallest absolute Gasteiger partial charge is 0.338 e. The van der Waals surface area contributed by atoms with Crippen molar-refractivity contribution >= 4 is 53.3 Å². The predicted octanol–water partition coefficient (Wildman–Crippen LogP) is -0.886. The molecule has 37 heteroatoms. The molecule has 5 rings (SSSR count). The van der Waals surface area contributed by atoms with Crippen LogP contribution in [0.2, 0.25) is 0 Å². The van der Waals surface area contributed by atoms with Gasteiger partial charge in [-0.25, -0.2) is 9.59 Å². The van der Waals surface area contributed by atoms with Gasteiger partial charge in [0.1, 0.15) is 12.2 Å². The number of hydrogen-bond donors (Lipinski definition) is 17. The summed E-state index contributed by atoms with van der Waals surface area (Å²) in [6, 6.07) is 0.0972. The molecule has 0 aromatic carbocycles. The van der Waals surface area contributed by atoms with Crippen LogP contribution in [0.5, 0.6) is 0 Å². The van der Waals surface area contributed by atoms with Crippen LogP contribution in [0.1, 0.15) is 173 Å². The number of carboxylic acid groups (broad SMARTS) is 1. The molecule has 16 atom stereocenters. The number of likely N-dealkylation sites (N-methyl/N-ethyl adjacent to an activating group) is 1. The number of amides is 7. The molecule has 0 radical (unpaired) electrons. The molecular weight excluding hydrogens is 1530 g/mol. The van der Waals surface area contributed by atoms with E-state index in [1.807, 2.05) is 53.4 Å². The SMILES string of the molecule is CC(CCO)C(=O)N(C)C.CC(CCO)C(=O)N1CCOCC1.CC(CCO)C(N)=O.CCC(=O)N(C)C[C@@H](O)CO.CCC1CNCCO1.CCCC1CNCCO1.CCC[C@H](O)C(=O)O.CC[C@H]1NC[C@H](O)[C@@H]1O.CC[C@H]1OC(=O)[C@H](O)[C@@H]1O.COCCC(C)C(=O)N(C)C.C[C@@H](CCO)C(=O)N(C)C.C[C@H](CCO)C(=O)N(C)C. The number of aliphatic hydroxyl groups excluding tert-OH is 12. The third-order valence-electron chi connectivity index (χ3n) is 18.0. The largest absolute Gasteiger partial charge is 0.479 e. The van der Waals surface area contributed by atoms with Gasteiger partial charge in [0.25, 0.3) is 0 Å². The average molecular weight is 1700 g/mol. The van der Waals surface area contributed by atoms with Crippen LogP contribution in [-0.2, 0) is 66.8 Å². The number of carbonyl (C=O) groups is 9. The molecule has 0 bridgehead atoms. The molecule has 0 aliphatic carbocycles. The molecule has 5 aliphatic rings. The second kappa shape index (κ2) is 80.2. The Balaban J connectivity index is -0.000000226. The number of nitrogens with zero attached hydrogens (tertiary/aromatic N) is 6. The molecule has 0 aromatic rings. The van der Waals surface area contributed by atoms with Gasteiger partial charge in [0, 0.05) is 211 Å². The van der Waals surface area contributed by atoms with Gasteiger partial charge in [-0.15, -0.1) is 0 Å². The molecule has 0 saturated carbocycles. The number of morpholine rings is 3. The highest BCUT2D eigenvalue weighted by Gasteiger charge is 2.41. The van der Waals surface area contributed by atoms with Gasteiger partial charge in [-0.3, -0.25) is 33.6 Å². The van der Waals surface area contributed by atoms with E-state index in [1.54, 1.807) is 111 Å². The van der Waals surface area contributed by atoms with Crippen molar-refractivity contribution in [3.63, 3.8) is 0 Å². The number of nitrogens with two attached hydrogens (primary N) is 1. The highest BCUT2D eigenvalue weighted by molar-refractivity contribution is 5.80. The van der Waals surface area contributed by atoms with Crippen LogP contribution in [0.4, 0.5) is 0 Å². The van der Waals surface area contributed by atoms with E-state index in [9.17, 15) is 43.2 Å². The first-order chi connectivity index (χ1) is 54.9. The Kier molecular flexibility index (Phi) is 85.4. The van der Waals surface area contributed by atoms with E-state index in [0.717, 1.165) is 58.7 Å². The van der Waals surface area contributed by atoms with Gasteiger partial charge in [0.05, 0.1) is 63.6 Å². The number of carbonyl (C=O) groups excluding carboxylic acids is 8. The quantitative estimate of drug-likeness (QED) is 0.0375. The predicted molar refractivity (Wildman–Crippen MR) is 448 cm³/mol. The van der Waals surface area contributed by atoms with Gasteiger partial charge in [-0.1, -0.05) is 95.9 Å². The molecule has 5 aliphatic heterocycles. The maximum Gasteiger partial charge on any atom is 0.338 e. The summed E-state index contributed by atoms with van der Waals surface area (Å²) in [5.41, 5.74) is 4.87. The normalized spacial score (nSPS) is 20.7. The van der Waals surface area contributed by atoms with E-state index in [1.165, 1.54) is 17.7 Å². The molecule has 37 nitrogen and oxygen atoms in total. The molecule has 5 heterocycles. The number of aliphatic carboxylic acids is 1. The van der Waals surface area contributed by atoms with Gasteiger partial charge in [-0.05, 0) is 70.6 Å². The number of β-amino-alcohol motifs (C(OH)–C–C–N with tert-alkyl or cyclic N) is 1. The van der Waals surface area contributed by atoms with Crippen molar-refractivity contribution in [3.05, 3.63) is 0 Å². The monoisotopic (exact) mass is 1700 g/mol. The summed E-state index contributed by atoms with van der Waals surface area (Å²) >= 11 is 0. The number of methoxy groups -OCH3 is 1. The Labute approximate surface area is 699 Å². The van der Waals surface area contributed by atoms with Gasteiger partial charge in [0.15, 0.2) is 12.2 Å². The minimum atomic E-state index is -1.34. The number of nitrogens with one attached hydrogen (secondary N) is 3. The Morgan fingerprint density at radius 2 is 0.949 bits per heavy atom. The number of aliphatic hydroxyl groups is 12. The molecule has 5 fully saturated rings. The van der Waals surface area contributed by atoms with Crippen molar-refractivity contribution in [2.75, 3.05) is 196 Å². The molecular formula is C80H166N10O27. The van der Waals surface area contributed by atoms with E-state index < -0.39 is 54.7 Å². The van der Waals surface area contributed by atoms with Crippen molar-refractivity contribution in [1.29, 1.82) is 0 Å². The highest BCUT2D eigenvalue weighted by Crippen LogP contribution is 2.18. The Hall–Kier alpha value is -5.53. The van der Waals surface area contributed by atoms with Crippen molar-refractivity contribution in [1.82, 2.24) is 45.3 Å². The average Bonchev–Trinajstić information content (AvgIpc) is 1.71. The van der Waals surface area contributed by atoms with Crippen LogP contribution in [0.15, 0.2) is 0 Å². The molecule has 0 spiro atoms. The molecule has 18 N–H and O–H groups in total. The number of esters is 1. The lowest BCUT2D eigenvalue weighted by Gasteiger charge is -2.29. The zero-order chi connectivity index (χ0) is 91.9. The second-order valence-electron chi connectivity index (χ2n) is 29.5. The van der Waals surface area contributed by atoms with Crippen molar-refractivity contribution < 1.29 is 133 Å². The van der Waals surface area contributed by atoms with Crippen LogP contribution in [0.25, 0.3) is 0 Å². The van der Waals surface area contributed by atoms with Crippen LogP contribution >= 0.6 is 0 Å². The molecule has 698 valence electrons. The summed E-state index contributed by atoms with van der Waals surface area (Å²) in [7, 11) is 17.1. The van der Waals surface area contributed by atoms with Crippen molar-refractivity contribution in [3.8, 4) is 0 Å². The fraction of sp³-hybridized carbons (Fsp3) is 0.887. The summed E-state index contributed by atoms with van der Waals surface area (Å²) in [6.45, 7) is 32.6. The minimum Gasteiger partial charge on any atom is -0.479 e. The fourth-order valence-corrected chi connectivity index (χ4v) is 10.2. The summed E-state index contributed by atoms with van der Waals surface area (Å²) in [6.07, 6.45) is 4.86. The number of ether oxygens (including phenoxy) is 5. The number of carboxylic acids is 1. The second-order valence-corrected chi connectivity index (χ2v) is 29.5. The molecule has 0 aromatic heterocycles. The van der Waals surface area contributed by atoms with Gasteiger partial charge < -0.3 is 141 Å². The first-order valence-corrected chi connectivity index (χ1v) is 41.2. The van der Waals surface area contributed by atoms with E-state index in [4.69, 9.17) is 91.1 Å². The fourth-order valence-electron chi connectivity index (χ4n) is 10.2. The standard InChI is InChI=1S/C9H17NO3.C8H17NO2.C7H15NO3.3C7H15NO2.C7H15NO.C6H13NO2.C6H13NO.C6H10O4.C5H11NO2.C5H10O3/c1-8(2-5-11)9(12)10-3-6-13-7-4-10;1-7(5-6-11-4)8(10)9(2)3;1-3-7(11)8(2)4-6(10)5-9;3*1-6(4-5-9)7(10)8(2)3;1-2-3-7-6-8-4-5-9-7;1-2-4-6(9)5(8)3-7-4;1-2-6-5-7-3-4-8-6;1-2-3-4(7)5(8)6(9)10-3;1-4(2-3-7)5(6)8;1-2-3-4(6)5(7)8/h8,11H,2-7H2,1H3;7H,5-6H2,1-4H3;6,9-10H,3-5H2,1-2H3;3*6,9H,4-5H2,1-3H3;7-8H,2-6H2,1H3;4-9H,2-3H2,1H3;6-7H,2-5H2,1H3;3-5,7-8H,2H2,1H3;4,7H,2-3H2,1H3,(H2,6,8);4,6H,2-3H2,1H3,(H,7,8)/t;;3*6-;;;4-,5+,6-;;3-,4-,5-;;4-/m..110..1.1.0/s1.